The van der Waals surface area contributed by atoms with Crippen molar-refractivity contribution in [3.63, 3.8) is 0 Å². The molecule has 0 unspecified atom stereocenters. The van der Waals surface area contributed by atoms with Crippen molar-refractivity contribution in [2.45, 2.75) is 39.2 Å². The third-order valence-corrected chi connectivity index (χ3v) is 3.72. The van der Waals surface area contributed by atoms with E-state index in [4.69, 9.17) is 9.47 Å². The molecular formula is C15H32N2O2. The molecule has 0 aromatic rings. The molecule has 1 N–H and O–H groups in total. The van der Waals surface area contributed by atoms with E-state index in [9.17, 15) is 0 Å². The number of hydrogen-bond donors (Lipinski definition) is 1. The molecule has 0 aliphatic carbocycles. The Balaban J connectivity index is 1.94. The third-order valence-electron chi connectivity index (χ3n) is 3.72. The van der Waals surface area contributed by atoms with Crippen molar-refractivity contribution in [2.24, 2.45) is 5.92 Å². The van der Waals surface area contributed by atoms with E-state index in [1.807, 2.05) is 0 Å². The molecule has 1 rings (SSSR count). The smallest absolute Gasteiger partial charge is 0.0700 e. The molecule has 19 heavy (non-hydrogen) atoms. The van der Waals surface area contributed by atoms with Gasteiger partial charge < -0.3 is 19.7 Å². The van der Waals surface area contributed by atoms with Crippen LogP contribution in [0.3, 0.4) is 0 Å². The van der Waals surface area contributed by atoms with Crippen molar-refractivity contribution in [1.82, 2.24) is 10.2 Å². The van der Waals surface area contributed by atoms with Gasteiger partial charge in [0.1, 0.15) is 0 Å². The summed E-state index contributed by atoms with van der Waals surface area (Å²) in [5.41, 5.74) is 0. The van der Waals surface area contributed by atoms with Crippen LogP contribution in [0.4, 0.5) is 0 Å². The van der Waals surface area contributed by atoms with Gasteiger partial charge >= 0.3 is 0 Å². The average molecular weight is 272 g/mol. The molecule has 0 bridgehead atoms. The highest BCUT2D eigenvalue weighted by Gasteiger charge is 2.18. The van der Waals surface area contributed by atoms with Gasteiger partial charge in [0, 0.05) is 26.3 Å². The van der Waals surface area contributed by atoms with Gasteiger partial charge in [0.2, 0.25) is 0 Å². The van der Waals surface area contributed by atoms with Crippen LogP contribution >= 0.6 is 0 Å². The van der Waals surface area contributed by atoms with E-state index >= 15 is 0 Å². The van der Waals surface area contributed by atoms with Crippen molar-refractivity contribution < 1.29 is 9.47 Å². The van der Waals surface area contributed by atoms with Crippen molar-refractivity contribution in [2.75, 3.05) is 53.1 Å². The third kappa shape index (κ3) is 8.58. The van der Waals surface area contributed by atoms with E-state index < -0.39 is 0 Å². The number of piperidine rings is 1. The molecule has 0 radical (unpaired) electrons. The predicted molar refractivity (Wildman–Crippen MR) is 79.6 cm³/mol. The van der Waals surface area contributed by atoms with Gasteiger partial charge in [0.15, 0.2) is 0 Å². The van der Waals surface area contributed by atoms with E-state index in [1.165, 1.54) is 39.0 Å². The Kier molecular flexibility index (Phi) is 9.43. The zero-order chi connectivity index (χ0) is 13.9. The molecule has 0 aromatic carbocycles. The molecule has 0 atom stereocenters. The number of ether oxygens (including phenoxy) is 2. The van der Waals surface area contributed by atoms with E-state index in [0.717, 1.165) is 25.6 Å². The second kappa shape index (κ2) is 10.6. The number of nitrogens with one attached hydrogen (secondary N) is 1. The highest BCUT2D eigenvalue weighted by Crippen LogP contribution is 2.16. The zero-order valence-corrected chi connectivity index (χ0v) is 13.0. The molecule has 1 heterocycles. The van der Waals surface area contributed by atoms with Gasteiger partial charge in [-0.1, -0.05) is 13.8 Å². The summed E-state index contributed by atoms with van der Waals surface area (Å²) >= 11 is 0. The summed E-state index contributed by atoms with van der Waals surface area (Å²) < 4.78 is 10.4. The Hall–Kier alpha value is -0.160. The van der Waals surface area contributed by atoms with E-state index in [2.05, 4.69) is 24.1 Å². The van der Waals surface area contributed by atoms with Gasteiger partial charge in [-0.3, -0.25) is 0 Å². The molecule has 4 nitrogen and oxygen atoms in total. The Morgan fingerprint density at radius 1 is 1.16 bits per heavy atom. The highest BCUT2D eigenvalue weighted by atomic mass is 16.5. The zero-order valence-electron chi connectivity index (χ0n) is 13.0. The average Bonchev–Trinajstić information content (AvgIpc) is 2.41. The number of methoxy groups -OCH3 is 1. The van der Waals surface area contributed by atoms with Crippen molar-refractivity contribution in [1.29, 1.82) is 0 Å². The van der Waals surface area contributed by atoms with E-state index in [-0.39, 0.29) is 0 Å². The standard InChI is InChI=1S/C15H32N2O2/c1-14(2)16-13-15-5-8-17(9-6-15)7-4-10-19-12-11-18-3/h14-16H,4-13H2,1-3H3. The van der Waals surface area contributed by atoms with Crippen LogP contribution in [0.1, 0.15) is 33.1 Å². The maximum absolute atomic E-state index is 5.49. The molecule has 1 fully saturated rings. The van der Waals surface area contributed by atoms with Gasteiger partial charge in [0.25, 0.3) is 0 Å². The van der Waals surface area contributed by atoms with Gasteiger partial charge in [-0.05, 0) is 44.8 Å². The number of likely N-dealkylation sites (tertiary alicyclic amines) is 1. The number of nitrogens with zero attached hydrogens (tertiary/aromatic N) is 1. The lowest BCUT2D eigenvalue weighted by atomic mass is 9.96. The van der Waals surface area contributed by atoms with Crippen LogP contribution in [-0.2, 0) is 9.47 Å². The lowest BCUT2D eigenvalue weighted by molar-refractivity contribution is 0.0630. The minimum Gasteiger partial charge on any atom is -0.382 e. The molecule has 1 aliphatic rings. The molecule has 1 saturated heterocycles. The topological polar surface area (TPSA) is 33.7 Å². The molecule has 1 aliphatic heterocycles. The van der Waals surface area contributed by atoms with E-state index in [0.29, 0.717) is 12.6 Å². The van der Waals surface area contributed by atoms with Gasteiger partial charge in [-0.25, -0.2) is 0 Å². The van der Waals surface area contributed by atoms with Crippen molar-refractivity contribution >= 4 is 0 Å². The first-order valence-corrected chi connectivity index (χ1v) is 7.74. The van der Waals surface area contributed by atoms with Crippen LogP contribution in [0.5, 0.6) is 0 Å². The Morgan fingerprint density at radius 2 is 1.89 bits per heavy atom. The first-order chi connectivity index (χ1) is 9.22. The van der Waals surface area contributed by atoms with Crippen LogP contribution in [0.25, 0.3) is 0 Å². The fraction of sp³-hybridized carbons (Fsp3) is 1.00. The minimum absolute atomic E-state index is 0.613. The Morgan fingerprint density at radius 3 is 2.53 bits per heavy atom. The Bertz CT molecular complexity index is 204. The molecule has 114 valence electrons. The van der Waals surface area contributed by atoms with Crippen molar-refractivity contribution in [3.8, 4) is 0 Å². The molecule has 0 spiro atoms. The van der Waals surface area contributed by atoms with Crippen LogP contribution < -0.4 is 5.32 Å². The normalized spacial score (nSPS) is 18.3. The summed E-state index contributed by atoms with van der Waals surface area (Å²) in [6, 6.07) is 0.613. The predicted octanol–water partition coefficient (Wildman–Crippen LogP) is 1.75. The largest absolute Gasteiger partial charge is 0.382 e. The lowest BCUT2D eigenvalue weighted by Gasteiger charge is -2.32. The van der Waals surface area contributed by atoms with Crippen LogP contribution in [0.2, 0.25) is 0 Å². The van der Waals surface area contributed by atoms with Gasteiger partial charge in [0.05, 0.1) is 13.2 Å². The SMILES string of the molecule is COCCOCCCN1CCC(CNC(C)C)CC1. The summed E-state index contributed by atoms with van der Waals surface area (Å²) in [5.74, 6) is 0.872. The molecule has 0 amide bonds. The lowest BCUT2D eigenvalue weighted by Crippen LogP contribution is -2.39. The van der Waals surface area contributed by atoms with Crippen LogP contribution in [0, 0.1) is 5.92 Å². The number of hydrogen-bond acceptors (Lipinski definition) is 4. The second-order valence-electron chi connectivity index (χ2n) is 5.81. The van der Waals surface area contributed by atoms with Gasteiger partial charge in [-0.15, -0.1) is 0 Å². The summed E-state index contributed by atoms with van der Waals surface area (Å²) in [6.45, 7) is 11.6. The fourth-order valence-corrected chi connectivity index (χ4v) is 2.45. The maximum atomic E-state index is 5.49. The van der Waals surface area contributed by atoms with Crippen LogP contribution in [0.15, 0.2) is 0 Å². The van der Waals surface area contributed by atoms with E-state index in [1.54, 1.807) is 7.11 Å². The first-order valence-electron chi connectivity index (χ1n) is 7.74. The summed E-state index contributed by atoms with van der Waals surface area (Å²) in [4.78, 5) is 2.57. The summed E-state index contributed by atoms with van der Waals surface area (Å²) in [6.07, 6.45) is 3.81. The monoisotopic (exact) mass is 272 g/mol. The highest BCUT2D eigenvalue weighted by molar-refractivity contribution is 4.74. The fourth-order valence-electron chi connectivity index (χ4n) is 2.45. The van der Waals surface area contributed by atoms with Gasteiger partial charge in [-0.2, -0.15) is 0 Å². The molecular weight excluding hydrogens is 240 g/mol. The summed E-state index contributed by atoms with van der Waals surface area (Å²) in [5, 5.41) is 3.55. The number of rotatable bonds is 10. The molecule has 0 saturated carbocycles. The second-order valence-corrected chi connectivity index (χ2v) is 5.81. The Labute approximate surface area is 118 Å². The summed E-state index contributed by atoms with van der Waals surface area (Å²) in [7, 11) is 1.71. The minimum atomic E-state index is 0.613. The van der Waals surface area contributed by atoms with Crippen molar-refractivity contribution in [3.05, 3.63) is 0 Å². The molecule has 4 heteroatoms. The molecule has 0 aromatic heterocycles. The van der Waals surface area contributed by atoms with Crippen LogP contribution in [-0.4, -0.2) is 64.1 Å². The first kappa shape index (κ1) is 16.9. The quantitative estimate of drug-likeness (QED) is 0.614. The maximum Gasteiger partial charge on any atom is 0.0700 e.